The third-order valence-electron chi connectivity index (χ3n) is 4.02. The Hall–Kier alpha value is -2.97. The number of hydrogen-bond donors (Lipinski definition) is 1. The molecule has 0 saturated carbocycles. The molecule has 3 rings (SSSR count). The maximum absolute atomic E-state index is 13.9. The topological polar surface area (TPSA) is 57.9 Å². The molecule has 25 heavy (non-hydrogen) atoms. The molecule has 2 aromatic carbocycles. The lowest BCUT2D eigenvalue weighted by Crippen LogP contribution is -2.04. The summed E-state index contributed by atoms with van der Waals surface area (Å²) in [5.74, 6) is -0.341. The summed E-state index contributed by atoms with van der Waals surface area (Å²) in [4.78, 5) is 4.30. The van der Waals surface area contributed by atoms with Gasteiger partial charge in [-0.15, -0.1) is 0 Å². The monoisotopic (exact) mass is 335 g/mol. The Morgan fingerprint density at radius 3 is 2.80 bits per heavy atom. The predicted octanol–water partition coefficient (Wildman–Crippen LogP) is 4.31. The van der Waals surface area contributed by atoms with Gasteiger partial charge in [0.1, 0.15) is 11.9 Å². The van der Waals surface area contributed by atoms with Crippen molar-refractivity contribution in [3.8, 4) is 6.07 Å². The number of nitrogens with one attached hydrogen (secondary N) is 1. The van der Waals surface area contributed by atoms with Gasteiger partial charge in [-0.1, -0.05) is 24.3 Å². The van der Waals surface area contributed by atoms with Crippen molar-refractivity contribution in [1.82, 2.24) is 4.98 Å². The van der Waals surface area contributed by atoms with E-state index in [9.17, 15) is 9.65 Å². The van der Waals surface area contributed by atoms with Gasteiger partial charge in [0.05, 0.1) is 23.4 Å². The van der Waals surface area contributed by atoms with Crippen LogP contribution in [0.4, 0.5) is 10.1 Å². The fourth-order valence-electron chi connectivity index (χ4n) is 2.90. The van der Waals surface area contributed by atoms with Gasteiger partial charge in [-0.3, -0.25) is 4.98 Å². The number of fused-ring (bicyclic) bond motifs is 1. The van der Waals surface area contributed by atoms with Crippen molar-refractivity contribution in [2.75, 3.05) is 12.4 Å². The zero-order valence-electron chi connectivity index (χ0n) is 14.1. The lowest BCUT2D eigenvalue weighted by atomic mass is 10.1. The molecule has 0 saturated heterocycles. The number of rotatable bonds is 5. The van der Waals surface area contributed by atoms with E-state index in [-0.39, 0.29) is 5.82 Å². The maximum atomic E-state index is 13.9. The molecule has 0 amide bonds. The summed E-state index contributed by atoms with van der Waals surface area (Å²) in [6.07, 6.45) is 1.52. The summed E-state index contributed by atoms with van der Waals surface area (Å²) in [7, 11) is 1.66. The molecule has 5 heteroatoms. The van der Waals surface area contributed by atoms with E-state index < -0.39 is 0 Å². The number of anilines is 1. The molecule has 0 atom stereocenters. The van der Waals surface area contributed by atoms with Crippen LogP contribution in [-0.4, -0.2) is 12.1 Å². The van der Waals surface area contributed by atoms with Crippen LogP contribution < -0.4 is 5.32 Å². The number of aromatic nitrogens is 1. The molecular formula is C20H18FN3O. The van der Waals surface area contributed by atoms with Crippen LogP contribution in [0.15, 0.2) is 42.6 Å². The summed E-state index contributed by atoms with van der Waals surface area (Å²) in [6.45, 7) is 2.86. The highest BCUT2D eigenvalue weighted by Crippen LogP contribution is 2.29. The smallest absolute Gasteiger partial charge is 0.124 e. The van der Waals surface area contributed by atoms with Crippen molar-refractivity contribution < 1.29 is 9.13 Å². The number of aryl methyl sites for hydroxylation is 1. The average Bonchev–Trinajstić information content (AvgIpc) is 2.60. The Morgan fingerprint density at radius 2 is 2.04 bits per heavy atom. The number of nitrogens with zero attached hydrogens (tertiary/aromatic N) is 2. The van der Waals surface area contributed by atoms with Crippen LogP contribution in [0.25, 0.3) is 10.9 Å². The Labute approximate surface area is 145 Å². The predicted molar refractivity (Wildman–Crippen MR) is 95.6 cm³/mol. The van der Waals surface area contributed by atoms with Gasteiger partial charge >= 0.3 is 0 Å². The van der Waals surface area contributed by atoms with Gasteiger partial charge in [-0.05, 0) is 35.7 Å². The van der Waals surface area contributed by atoms with Gasteiger partial charge in [-0.25, -0.2) is 4.39 Å². The highest BCUT2D eigenvalue weighted by molar-refractivity contribution is 5.95. The van der Waals surface area contributed by atoms with E-state index >= 15 is 0 Å². The van der Waals surface area contributed by atoms with Crippen LogP contribution in [0.2, 0.25) is 0 Å². The number of methoxy groups -OCH3 is 1. The Balaban J connectivity index is 1.98. The second-order valence-electron chi connectivity index (χ2n) is 5.88. The highest BCUT2D eigenvalue weighted by Gasteiger charge is 2.12. The van der Waals surface area contributed by atoms with Gasteiger partial charge in [0.2, 0.25) is 0 Å². The third-order valence-corrected chi connectivity index (χ3v) is 4.02. The van der Waals surface area contributed by atoms with Crippen molar-refractivity contribution in [2.24, 2.45) is 0 Å². The second kappa shape index (κ2) is 7.29. The van der Waals surface area contributed by atoms with Crippen molar-refractivity contribution in [3.63, 3.8) is 0 Å². The maximum Gasteiger partial charge on any atom is 0.124 e. The number of hydrogen-bond acceptors (Lipinski definition) is 4. The first-order valence-electron chi connectivity index (χ1n) is 7.92. The molecule has 1 heterocycles. The number of ether oxygens (including phenoxy) is 1. The average molecular weight is 335 g/mol. The van der Waals surface area contributed by atoms with E-state index in [1.54, 1.807) is 7.11 Å². The number of pyridine rings is 1. The molecule has 0 radical (unpaired) electrons. The van der Waals surface area contributed by atoms with E-state index in [0.717, 1.165) is 16.7 Å². The second-order valence-corrected chi connectivity index (χ2v) is 5.88. The summed E-state index contributed by atoms with van der Waals surface area (Å²) in [5.41, 5.74) is 4.55. The Kier molecular flexibility index (Phi) is 4.92. The molecule has 1 aromatic heterocycles. The van der Waals surface area contributed by atoms with Gasteiger partial charge in [-0.2, -0.15) is 5.26 Å². The lowest BCUT2D eigenvalue weighted by Gasteiger charge is -2.13. The summed E-state index contributed by atoms with van der Waals surface area (Å²) < 4.78 is 19.0. The molecular weight excluding hydrogens is 317 g/mol. The minimum absolute atomic E-state index is 0.341. The summed E-state index contributed by atoms with van der Waals surface area (Å²) >= 11 is 0. The third kappa shape index (κ3) is 3.59. The SMILES string of the molecule is COCc1cccc(CNc2c(C#N)cnc3c(C)cc(F)cc23)c1. The van der Waals surface area contributed by atoms with E-state index in [4.69, 9.17) is 4.74 Å². The molecule has 126 valence electrons. The molecule has 0 spiro atoms. The lowest BCUT2D eigenvalue weighted by molar-refractivity contribution is 0.185. The van der Waals surface area contributed by atoms with Crippen molar-refractivity contribution in [2.45, 2.75) is 20.1 Å². The Morgan fingerprint density at radius 1 is 1.24 bits per heavy atom. The van der Waals surface area contributed by atoms with Crippen LogP contribution in [0.5, 0.6) is 0 Å². The molecule has 0 aliphatic heterocycles. The van der Waals surface area contributed by atoms with E-state index in [1.165, 1.54) is 18.3 Å². The minimum atomic E-state index is -0.341. The zero-order chi connectivity index (χ0) is 17.8. The molecule has 0 unspecified atom stereocenters. The van der Waals surface area contributed by atoms with E-state index in [2.05, 4.69) is 16.4 Å². The number of nitriles is 1. The summed E-state index contributed by atoms with van der Waals surface area (Å²) in [6, 6.07) is 13.0. The van der Waals surface area contributed by atoms with Crippen molar-refractivity contribution in [1.29, 1.82) is 5.26 Å². The first kappa shape index (κ1) is 16.9. The van der Waals surface area contributed by atoms with Crippen LogP contribution in [0.1, 0.15) is 22.3 Å². The fraction of sp³-hybridized carbons (Fsp3) is 0.200. The number of halogens is 1. The van der Waals surface area contributed by atoms with Crippen LogP contribution in [-0.2, 0) is 17.9 Å². The molecule has 0 aliphatic rings. The molecule has 1 N–H and O–H groups in total. The van der Waals surface area contributed by atoms with Gasteiger partial charge < -0.3 is 10.1 Å². The molecule has 0 fully saturated rings. The molecule has 4 nitrogen and oxygen atoms in total. The van der Waals surface area contributed by atoms with Gasteiger partial charge in [0, 0.05) is 25.2 Å². The van der Waals surface area contributed by atoms with Crippen molar-refractivity contribution in [3.05, 3.63) is 70.7 Å². The Bertz CT molecular complexity index is 963. The summed E-state index contributed by atoms with van der Waals surface area (Å²) in [5, 5.41) is 13.3. The normalized spacial score (nSPS) is 10.6. The van der Waals surface area contributed by atoms with Gasteiger partial charge in [0.15, 0.2) is 0 Å². The van der Waals surface area contributed by atoms with Crippen molar-refractivity contribution >= 4 is 16.6 Å². The fourth-order valence-corrected chi connectivity index (χ4v) is 2.90. The molecule has 3 aromatic rings. The highest BCUT2D eigenvalue weighted by atomic mass is 19.1. The number of benzene rings is 2. The van der Waals surface area contributed by atoms with E-state index in [0.29, 0.717) is 35.3 Å². The molecule has 0 aliphatic carbocycles. The van der Waals surface area contributed by atoms with Crippen LogP contribution in [0, 0.1) is 24.1 Å². The van der Waals surface area contributed by atoms with E-state index in [1.807, 2.05) is 31.2 Å². The first-order valence-corrected chi connectivity index (χ1v) is 7.92. The standard InChI is InChI=1S/C20H18FN3O/c1-13-6-17(21)8-18-19(13)24-11-16(9-22)20(18)23-10-14-4-3-5-15(7-14)12-25-2/h3-8,11H,10,12H2,1-2H3,(H,23,24). The van der Waals surface area contributed by atoms with Crippen LogP contribution in [0.3, 0.4) is 0 Å². The quantitative estimate of drug-likeness (QED) is 0.755. The zero-order valence-corrected chi connectivity index (χ0v) is 14.1. The molecule has 0 bridgehead atoms. The first-order chi connectivity index (χ1) is 12.1. The minimum Gasteiger partial charge on any atom is -0.380 e. The largest absolute Gasteiger partial charge is 0.380 e. The van der Waals surface area contributed by atoms with Gasteiger partial charge in [0.25, 0.3) is 0 Å². The van der Waals surface area contributed by atoms with Crippen LogP contribution >= 0.6 is 0 Å².